The third-order valence-electron chi connectivity index (χ3n) is 3.42. The molecule has 2 rings (SSSR count). The molecule has 1 fully saturated rings. The molecule has 18 heavy (non-hydrogen) atoms. The average Bonchev–Trinajstić information content (AvgIpc) is 2.74. The van der Waals surface area contributed by atoms with Gasteiger partial charge in [0.1, 0.15) is 0 Å². The number of aliphatic hydroxyl groups excluding tert-OH is 1. The van der Waals surface area contributed by atoms with Gasteiger partial charge in [-0.2, -0.15) is 0 Å². The number of aryl methyl sites for hydroxylation is 2. The highest BCUT2D eigenvalue weighted by atomic mass is 16.3. The third kappa shape index (κ3) is 2.37. The molecule has 2 atom stereocenters. The second kappa shape index (κ2) is 5.04. The SMILES string of the molecule is Cc1ccc(C(=O)N(C)[C@@H]2CNC[C@H]2O)c(C)n1. The van der Waals surface area contributed by atoms with Gasteiger partial charge in [-0.15, -0.1) is 0 Å². The summed E-state index contributed by atoms with van der Waals surface area (Å²) in [6, 6.07) is 3.46. The first-order chi connectivity index (χ1) is 8.50. The topological polar surface area (TPSA) is 65.5 Å². The Balaban J connectivity index is 2.20. The van der Waals surface area contributed by atoms with E-state index < -0.39 is 6.10 Å². The van der Waals surface area contributed by atoms with E-state index in [4.69, 9.17) is 0 Å². The molecule has 5 heteroatoms. The van der Waals surface area contributed by atoms with Gasteiger partial charge < -0.3 is 15.3 Å². The van der Waals surface area contributed by atoms with Crippen molar-refractivity contribution in [3.05, 3.63) is 29.1 Å². The molecule has 0 aromatic carbocycles. The monoisotopic (exact) mass is 249 g/mol. The fraction of sp³-hybridized carbons (Fsp3) is 0.538. The van der Waals surface area contributed by atoms with Crippen LogP contribution in [-0.4, -0.2) is 53.2 Å². The van der Waals surface area contributed by atoms with Crippen LogP contribution in [-0.2, 0) is 0 Å². The molecule has 0 saturated carbocycles. The Bertz CT molecular complexity index is 462. The minimum atomic E-state index is -0.502. The fourth-order valence-electron chi connectivity index (χ4n) is 2.30. The molecule has 1 aromatic rings. The predicted molar refractivity (Wildman–Crippen MR) is 68.5 cm³/mol. The number of aliphatic hydroxyl groups is 1. The number of nitrogens with one attached hydrogen (secondary N) is 1. The van der Waals surface area contributed by atoms with Crippen LogP contribution in [0.3, 0.4) is 0 Å². The number of carbonyl (C=O) groups excluding carboxylic acids is 1. The van der Waals surface area contributed by atoms with Gasteiger partial charge in [0.15, 0.2) is 0 Å². The Labute approximate surface area is 107 Å². The Kier molecular flexibility index (Phi) is 3.63. The summed E-state index contributed by atoms with van der Waals surface area (Å²) in [6.45, 7) is 4.89. The number of amides is 1. The standard InChI is InChI=1S/C13H19N3O2/c1-8-4-5-10(9(2)15-8)13(18)16(3)11-6-14-7-12(11)17/h4-5,11-12,14,17H,6-7H2,1-3H3/t11-,12-/m1/s1. The van der Waals surface area contributed by atoms with Crippen LogP contribution < -0.4 is 5.32 Å². The molecule has 1 amide bonds. The van der Waals surface area contributed by atoms with Crippen LogP contribution in [0.1, 0.15) is 21.7 Å². The molecule has 2 N–H and O–H groups in total. The molecule has 1 saturated heterocycles. The lowest BCUT2D eigenvalue weighted by atomic mass is 10.1. The third-order valence-corrected chi connectivity index (χ3v) is 3.42. The van der Waals surface area contributed by atoms with Crippen molar-refractivity contribution in [2.24, 2.45) is 0 Å². The van der Waals surface area contributed by atoms with Gasteiger partial charge in [0, 0.05) is 25.8 Å². The molecule has 2 heterocycles. The zero-order chi connectivity index (χ0) is 13.3. The molecule has 0 bridgehead atoms. The Hall–Kier alpha value is -1.46. The maximum atomic E-state index is 12.4. The van der Waals surface area contributed by atoms with Crippen LogP contribution in [0.25, 0.3) is 0 Å². The summed E-state index contributed by atoms with van der Waals surface area (Å²) in [5.74, 6) is -0.0900. The molecule has 1 aliphatic heterocycles. The highest BCUT2D eigenvalue weighted by Crippen LogP contribution is 2.14. The van der Waals surface area contributed by atoms with Gasteiger partial charge in [0.2, 0.25) is 0 Å². The van der Waals surface area contributed by atoms with Crippen LogP contribution in [0.2, 0.25) is 0 Å². The number of hydrogen-bond donors (Lipinski definition) is 2. The van der Waals surface area contributed by atoms with E-state index in [0.717, 1.165) is 11.4 Å². The zero-order valence-corrected chi connectivity index (χ0v) is 11.0. The minimum Gasteiger partial charge on any atom is -0.390 e. The van der Waals surface area contributed by atoms with Gasteiger partial charge in [0.25, 0.3) is 5.91 Å². The van der Waals surface area contributed by atoms with Gasteiger partial charge in [0.05, 0.1) is 23.4 Å². The molecular weight excluding hydrogens is 230 g/mol. The van der Waals surface area contributed by atoms with Crippen LogP contribution >= 0.6 is 0 Å². The molecule has 1 aromatic heterocycles. The summed E-state index contributed by atoms with van der Waals surface area (Å²) in [4.78, 5) is 18.3. The molecule has 1 aliphatic rings. The first-order valence-electron chi connectivity index (χ1n) is 6.11. The van der Waals surface area contributed by atoms with Gasteiger partial charge in [-0.25, -0.2) is 0 Å². The number of carbonyl (C=O) groups is 1. The van der Waals surface area contributed by atoms with E-state index in [2.05, 4.69) is 10.3 Å². The maximum Gasteiger partial charge on any atom is 0.255 e. The normalized spacial score (nSPS) is 23.1. The molecule has 98 valence electrons. The summed E-state index contributed by atoms with van der Waals surface area (Å²) in [6.07, 6.45) is -0.502. The van der Waals surface area contributed by atoms with E-state index in [1.54, 1.807) is 18.0 Å². The highest BCUT2D eigenvalue weighted by molar-refractivity contribution is 5.95. The quantitative estimate of drug-likeness (QED) is 0.780. The first-order valence-corrected chi connectivity index (χ1v) is 6.11. The van der Waals surface area contributed by atoms with Crippen molar-refractivity contribution in [2.75, 3.05) is 20.1 Å². The summed E-state index contributed by atoms with van der Waals surface area (Å²) in [7, 11) is 1.72. The average molecular weight is 249 g/mol. The van der Waals surface area contributed by atoms with Crippen molar-refractivity contribution in [1.82, 2.24) is 15.2 Å². The molecule has 0 unspecified atom stereocenters. The van der Waals surface area contributed by atoms with E-state index >= 15 is 0 Å². The number of β-amino-alcohol motifs (C(OH)–C–C–N with tert-alkyl or cyclic N) is 1. The van der Waals surface area contributed by atoms with Crippen molar-refractivity contribution in [3.63, 3.8) is 0 Å². The van der Waals surface area contributed by atoms with Crippen LogP contribution in [0.15, 0.2) is 12.1 Å². The summed E-state index contributed by atoms with van der Waals surface area (Å²) in [5, 5.41) is 12.9. The van der Waals surface area contributed by atoms with Crippen molar-refractivity contribution in [1.29, 1.82) is 0 Å². The van der Waals surface area contributed by atoms with Crippen molar-refractivity contribution in [2.45, 2.75) is 26.0 Å². The Morgan fingerprint density at radius 1 is 1.44 bits per heavy atom. The minimum absolute atomic E-state index is 0.0900. The molecular formula is C13H19N3O2. The Morgan fingerprint density at radius 3 is 2.72 bits per heavy atom. The summed E-state index contributed by atoms with van der Waals surface area (Å²) in [5.41, 5.74) is 2.23. The van der Waals surface area contributed by atoms with Gasteiger partial charge in [-0.3, -0.25) is 9.78 Å². The smallest absolute Gasteiger partial charge is 0.255 e. The molecule has 0 aliphatic carbocycles. The van der Waals surface area contributed by atoms with E-state index in [0.29, 0.717) is 18.7 Å². The number of aromatic nitrogens is 1. The second-order valence-corrected chi connectivity index (χ2v) is 4.79. The number of rotatable bonds is 2. The van der Waals surface area contributed by atoms with Crippen LogP contribution in [0, 0.1) is 13.8 Å². The fourth-order valence-corrected chi connectivity index (χ4v) is 2.30. The van der Waals surface area contributed by atoms with Gasteiger partial charge >= 0.3 is 0 Å². The zero-order valence-electron chi connectivity index (χ0n) is 11.0. The summed E-state index contributed by atoms with van der Waals surface area (Å²) >= 11 is 0. The lowest BCUT2D eigenvalue weighted by Gasteiger charge is -2.26. The number of hydrogen-bond acceptors (Lipinski definition) is 4. The largest absolute Gasteiger partial charge is 0.390 e. The predicted octanol–water partition coefficient (Wildman–Crippen LogP) is 0.103. The van der Waals surface area contributed by atoms with Gasteiger partial charge in [-0.1, -0.05) is 0 Å². The summed E-state index contributed by atoms with van der Waals surface area (Å²) < 4.78 is 0. The molecule has 0 spiro atoms. The second-order valence-electron chi connectivity index (χ2n) is 4.79. The van der Waals surface area contributed by atoms with E-state index in [9.17, 15) is 9.90 Å². The van der Waals surface area contributed by atoms with Gasteiger partial charge in [-0.05, 0) is 26.0 Å². The molecule has 5 nitrogen and oxygen atoms in total. The maximum absolute atomic E-state index is 12.4. The van der Waals surface area contributed by atoms with Crippen molar-refractivity contribution in [3.8, 4) is 0 Å². The van der Waals surface area contributed by atoms with Crippen molar-refractivity contribution >= 4 is 5.91 Å². The Morgan fingerprint density at radius 2 is 2.17 bits per heavy atom. The number of nitrogens with zero attached hydrogens (tertiary/aromatic N) is 2. The number of likely N-dealkylation sites (N-methyl/N-ethyl adjacent to an activating group) is 1. The molecule has 0 radical (unpaired) electrons. The van der Waals surface area contributed by atoms with Crippen LogP contribution in [0.5, 0.6) is 0 Å². The van der Waals surface area contributed by atoms with Crippen LogP contribution in [0.4, 0.5) is 0 Å². The lowest BCUT2D eigenvalue weighted by molar-refractivity contribution is 0.0580. The number of pyridine rings is 1. The van der Waals surface area contributed by atoms with Crippen molar-refractivity contribution < 1.29 is 9.90 Å². The van der Waals surface area contributed by atoms with E-state index in [1.807, 2.05) is 19.9 Å². The van der Waals surface area contributed by atoms with E-state index in [-0.39, 0.29) is 11.9 Å². The van der Waals surface area contributed by atoms with E-state index in [1.165, 1.54) is 0 Å². The highest BCUT2D eigenvalue weighted by Gasteiger charge is 2.32. The lowest BCUT2D eigenvalue weighted by Crippen LogP contribution is -2.44. The first kappa shape index (κ1) is 13.0.